The maximum atomic E-state index is 12.8. The summed E-state index contributed by atoms with van der Waals surface area (Å²) in [6, 6.07) is 11.4. The molecule has 24 heavy (non-hydrogen) atoms. The van der Waals surface area contributed by atoms with Gasteiger partial charge in [0.15, 0.2) is 5.01 Å². The number of benzene rings is 1. The van der Waals surface area contributed by atoms with Crippen LogP contribution in [-0.4, -0.2) is 45.2 Å². The second-order valence-corrected chi connectivity index (χ2v) is 6.71. The molecule has 1 atom stereocenters. The Kier molecular flexibility index (Phi) is 4.08. The molecule has 0 aliphatic carbocycles. The van der Waals surface area contributed by atoms with Crippen molar-refractivity contribution in [2.45, 2.75) is 18.9 Å². The summed E-state index contributed by atoms with van der Waals surface area (Å²) in [7, 11) is 0. The van der Waals surface area contributed by atoms with Gasteiger partial charge >= 0.3 is 0 Å². The van der Waals surface area contributed by atoms with Crippen molar-refractivity contribution in [3.63, 3.8) is 0 Å². The third kappa shape index (κ3) is 3.07. The summed E-state index contributed by atoms with van der Waals surface area (Å²) in [4.78, 5) is 19.0. The number of hydrogen-bond acceptors (Lipinski definition) is 6. The second-order valence-electron chi connectivity index (χ2n) is 5.68. The minimum Gasteiger partial charge on any atom is -0.471 e. The molecular formula is C17H16N4O2S. The number of fused-ring (bicyclic) bond motifs is 1. The fourth-order valence-electron chi connectivity index (χ4n) is 2.84. The number of para-hydroxylation sites is 1. The number of hydrogen-bond donors (Lipinski definition) is 0. The van der Waals surface area contributed by atoms with Gasteiger partial charge in [-0.25, -0.2) is 4.98 Å². The highest BCUT2D eigenvalue weighted by Crippen LogP contribution is 2.24. The van der Waals surface area contributed by atoms with E-state index in [1.807, 2.05) is 29.2 Å². The number of piperidine rings is 1. The Morgan fingerprint density at radius 3 is 3.00 bits per heavy atom. The van der Waals surface area contributed by atoms with Crippen molar-refractivity contribution in [2.24, 2.45) is 0 Å². The molecule has 1 aromatic carbocycles. The molecule has 122 valence electrons. The molecule has 1 fully saturated rings. The van der Waals surface area contributed by atoms with Crippen LogP contribution in [0.25, 0.3) is 10.2 Å². The molecule has 0 spiro atoms. The van der Waals surface area contributed by atoms with Gasteiger partial charge < -0.3 is 9.64 Å². The van der Waals surface area contributed by atoms with E-state index in [9.17, 15) is 4.79 Å². The topological polar surface area (TPSA) is 68.2 Å². The lowest BCUT2D eigenvalue weighted by molar-refractivity contribution is 0.0525. The minimum atomic E-state index is -0.0613. The van der Waals surface area contributed by atoms with E-state index >= 15 is 0 Å². The number of carbonyl (C=O) groups excluding carboxylic acids is 1. The van der Waals surface area contributed by atoms with Crippen molar-refractivity contribution in [1.29, 1.82) is 0 Å². The quantitative estimate of drug-likeness (QED) is 0.733. The van der Waals surface area contributed by atoms with Crippen LogP contribution in [0.4, 0.5) is 0 Å². The zero-order valence-corrected chi connectivity index (χ0v) is 13.8. The van der Waals surface area contributed by atoms with Crippen LogP contribution >= 0.6 is 11.3 Å². The number of ether oxygens (including phenoxy) is 1. The van der Waals surface area contributed by atoms with Crippen LogP contribution in [0.15, 0.2) is 42.6 Å². The molecule has 3 heterocycles. The first-order chi connectivity index (χ1) is 11.8. The van der Waals surface area contributed by atoms with Gasteiger partial charge in [0.05, 0.1) is 16.8 Å². The monoisotopic (exact) mass is 340 g/mol. The molecule has 0 saturated carbocycles. The summed E-state index contributed by atoms with van der Waals surface area (Å²) in [5.74, 6) is 0.473. The molecule has 1 aliphatic heterocycles. The first-order valence-electron chi connectivity index (χ1n) is 7.89. The normalized spacial score (nSPS) is 17.8. The molecule has 0 N–H and O–H groups in total. The fourth-order valence-corrected chi connectivity index (χ4v) is 3.77. The van der Waals surface area contributed by atoms with Crippen molar-refractivity contribution >= 4 is 27.5 Å². The van der Waals surface area contributed by atoms with E-state index in [-0.39, 0.29) is 12.0 Å². The number of rotatable bonds is 3. The lowest BCUT2D eigenvalue weighted by atomic mass is 10.1. The molecule has 1 amide bonds. The number of thiazole rings is 1. The number of nitrogens with zero attached hydrogens (tertiary/aromatic N) is 4. The molecule has 1 aliphatic rings. The molecular weight excluding hydrogens is 324 g/mol. The van der Waals surface area contributed by atoms with Gasteiger partial charge in [-0.3, -0.25) is 4.79 Å². The van der Waals surface area contributed by atoms with Crippen LogP contribution in [-0.2, 0) is 0 Å². The average molecular weight is 340 g/mol. The Hall–Kier alpha value is -2.54. The maximum Gasteiger partial charge on any atom is 0.282 e. The summed E-state index contributed by atoms with van der Waals surface area (Å²) < 4.78 is 6.88. The predicted molar refractivity (Wildman–Crippen MR) is 91.2 cm³/mol. The minimum absolute atomic E-state index is 0.0244. The molecule has 7 heteroatoms. The molecule has 3 aromatic rings. The lowest BCUT2D eigenvalue weighted by Gasteiger charge is -2.31. The van der Waals surface area contributed by atoms with Gasteiger partial charge in [-0.05, 0) is 31.0 Å². The highest BCUT2D eigenvalue weighted by atomic mass is 32.1. The SMILES string of the molecule is O=C(c1nc2ccccc2s1)N1CCCC(Oc2cccnn2)C1. The van der Waals surface area contributed by atoms with Gasteiger partial charge in [0.2, 0.25) is 5.88 Å². The first-order valence-corrected chi connectivity index (χ1v) is 8.70. The molecule has 0 radical (unpaired) electrons. The molecule has 4 rings (SSSR count). The highest BCUT2D eigenvalue weighted by molar-refractivity contribution is 7.20. The van der Waals surface area contributed by atoms with E-state index in [1.165, 1.54) is 11.3 Å². The van der Waals surface area contributed by atoms with Gasteiger partial charge in [0, 0.05) is 18.8 Å². The van der Waals surface area contributed by atoms with E-state index in [4.69, 9.17) is 4.74 Å². The number of carbonyl (C=O) groups is 1. The van der Waals surface area contributed by atoms with Gasteiger partial charge in [-0.1, -0.05) is 12.1 Å². The van der Waals surface area contributed by atoms with Crippen LogP contribution in [0.1, 0.15) is 22.6 Å². The Labute approximate surface area is 143 Å². The highest BCUT2D eigenvalue weighted by Gasteiger charge is 2.27. The number of amides is 1. The Morgan fingerprint density at radius 1 is 1.25 bits per heavy atom. The Bertz CT molecular complexity index is 819. The molecule has 1 saturated heterocycles. The molecule has 6 nitrogen and oxygen atoms in total. The zero-order chi connectivity index (χ0) is 16.4. The van der Waals surface area contributed by atoms with Crippen molar-refractivity contribution in [3.05, 3.63) is 47.6 Å². The molecule has 1 unspecified atom stereocenters. The summed E-state index contributed by atoms with van der Waals surface area (Å²) >= 11 is 1.44. The predicted octanol–water partition coefficient (Wildman–Crippen LogP) is 2.77. The number of likely N-dealkylation sites (tertiary alicyclic amines) is 1. The van der Waals surface area contributed by atoms with Crippen LogP contribution in [0, 0.1) is 0 Å². The van der Waals surface area contributed by atoms with Gasteiger partial charge in [0.1, 0.15) is 6.10 Å². The standard InChI is InChI=1S/C17H16N4O2S/c22-17(16-19-13-6-1-2-7-14(13)24-16)21-10-4-5-12(11-21)23-15-8-3-9-18-20-15/h1-3,6-9,12H,4-5,10-11H2. The van der Waals surface area contributed by atoms with Crippen LogP contribution in [0.5, 0.6) is 5.88 Å². The summed E-state index contributed by atoms with van der Waals surface area (Å²) in [5, 5.41) is 8.29. The summed E-state index contributed by atoms with van der Waals surface area (Å²) in [6.07, 6.45) is 3.35. The Balaban J connectivity index is 1.48. The zero-order valence-electron chi connectivity index (χ0n) is 13.0. The maximum absolute atomic E-state index is 12.8. The molecule has 0 bridgehead atoms. The van der Waals surface area contributed by atoms with Crippen molar-refractivity contribution < 1.29 is 9.53 Å². The number of aromatic nitrogens is 3. The Morgan fingerprint density at radius 2 is 2.17 bits per heavy atom. The first kappa shape index (κ1) is 15.0. The van der Waals surface area contributed by atoms with Crippen LogP contribution < -0.4 is 4.74 Å². The largest absolute Gasteiger partial charge is 0.471 e. The fraction of sp³-hybridized carbons (Fsp3) is 0.294. The van der Waals surface area contributed by atoms with Gasteiger partial charge in [-0.2, -0.15) is 5.10 Å². The summed E-state index contributed by atoms with van der Waals surface area (Å²) in [5.41, 5.74) is 0.871. The third-order valence-electron chi connectivity index (χ3n) is 3.98. The van der Waals surface area contributed by atoms with Crippen molar-refractivity contribution in [3.8, 4) is 5.88 Å². The van der Waals surface area contributed by atoms with E-state index in [2.05, 4.69) is 15.2 Å². The molecule has 2 aromatic heterocycles. The van der Waals surface area contributed by atoms with Crippen LogP contribution in [0.3, 0.4) is 0 Å². The summed E-state index contributed by atoms with van der Waals surface area (Å²) in [6.45, 7) is 1.28. The van der Waals surface area contributed by atoms with E-state index in [0.717, 1.165) is 29.6 Å². The van der Waals surface area contributed by atoms with Crippen LogP contribution in [0.2, 0.25) is 0 Å². The third-order valence-corrected chi connectivity index (χ3v) is 5.00. The van der Waals surface area contributed by atoms with Gasteiger partial charge in [0.25, 0.3) is 5.91 Å². The lowest BCUT2D eigenvalue weighted by Crippen LogP contribution is -2.44. The smallest absolute Gasteiger partial charge is 0.282 e. The van der Waals surface area contributed by atoms with E-state index in [0.29, 0.717) is 17.4 Å². The van der Waals surface area contributed by atoms with E-state index in [1.54, 1.807) is 18.3 Å². The van der Waals surface area contributed by atoms with Gasteiger partial charge in [-0.15, -0.1) is 16.4 Å². The van der Waals surface area contributed by atoms with Crippen molar-refractivity contribution in [1.82, 2.24) is 20.1 Å². The van der Waals surface area contributed by atoms with E-state index < -0.39 is 0 Å². The average Bonchev–Trinajstić information content (AvgIpc) is 3.06. The second kappa shape index (κ2) is 6.52. The van der Waals surface area contributed by atoms with Crippen molar-refractivity contribution in [2.75, 3.05) is 13.1 Å².